The van der Waals surface area contributed by atoms with E-state index in [9.17, 15) is 9.50 Å². The molecule has 1 aliphatic heterocycles. The number of H-pyrrole nitrogens is 1. The Hall–Kier alpha value is -2.98. The van der Waals surface area contributed by atoms with Gasteiger partial charge >= 0.3 is 0 Å². The lowest BCUT2D eigenvalue weighted by molar-refractivity contribution is 0.194. The Morgan fingerprint density at radius 3 is 2.83 bits per heavy atom. The molecule has 1 saturated heterocycles. The van der Waals surface area contributed by atoms with Crippen LogP contribution in [-0.2, 0) is 0 Å². The largest absolute Gasteiger partial charge is 0.391 e. The highest BCUT2D eigenvalue weighted by Crippen LogP contribution is 2.40. The third-order valence-corrected chi connectivity index (χ3v) is 5.68. The molecule has 5 rings (SSSR count). The zero-order chi connectivity index (χ0) is 20.8. The minimum absolute atomic E-state index is 0.0331. The topological polar surface area (TPSA) is 129 Å². The summed E-state index contributed by atoms with van der Waals surface area (Å²) in [6.07, 6.45) is 2.12. The number of nitrogen functional groups attached to an aromatic ring is 1. The van der Waals surface area contributed by atoms with Gasteiger partial charge in [-0.3, -0.25) is 5.10 Å². The minimum atomic E-state index is -0.613. The summed E-state index contributed by atoms with van der Waals surface area (Å²) < 4.78 is 13.5. The van der Waals surface area contributed by atoms with Crippen LogP contribution in [0.25, 0.3) is 0 Å². The van der Waals surface area contributed by atoms with Crippen LogP contribution in [0.3, 0.4) is 0 Å². The van der Waals surface area contributed by atoms with E-state index in [0.29, 0.717) is 29.7 Å². The molecule has 2 aromatic heterocycles. The lowest BCUT2D eigenvalue weighted by Crippen LogP contribution is -2.27. The number of anilines is 4. The number of nitrogens with two attached hydrogens (primary N) is 1. The third-order valence-electron chi connectivity index (χ3n) is 5.35. The van der Waals surface area contributed by atoms with E-state index in [1.807, 2.05) is 6.07 Å². The van der Waals surface area contributed by atoms with Crippen molar-refractivity contribution in [2.24, 2.45) is 0 Å². The Morgan fingerprint density at radius 2 is 2.07 bits per heavy atom. The number of aromatic nitrogens is 5. The molecule has 3 heterocycles. The Morgan fingerprint density at radius 1 is 1.23 bits per heavy atom. The molecule has 5 N–H and O–H groups in total. The summed E-state index contributed by atoms with van der Waals surface area (Å²) in [5.74, 6) is 1.29. The highest BCUT2D eigenvalue weighted by atomic mass is 35.5. The second-order valence-electron chi connectivity index (χ2n) is 7.65. The number of nitrogens with zero attached hydrogens (tertiary/aromatic N) is 5. The number of hydrogen-bond donors (Lipinski definition) is 4. The fourth-order valence-corrected chi connectivity index (χ4v) is 4.08. The predicted molar refractivity (Wildman–Crippen MR) is 110 cm³/mol. The van der Waals surface area contributed by atoms with Gasteiger partial charge in [-0.05, 0) is 37.0 Å². The first kappa shape index (κ1) is 19.0. The van der Waals surface area contributed by atoms with Crippen molar-refractivity contribution < 1.29 is 9.50 Å². The second kappa shape index (κ2) is 7.37. The number of aromatic amines is 1. The lowest BCUT2D eigenvalue weighted by atomic mass is 10.0. The molecule has 0 amide bonds. The Bertz CT molecular complexity index is 1090. The minimum Gasteiger partial charge on any atom is -0.391 e. The van der Waals surface area contributed by atoms with Crippen LogP contribution in [-0.4, -0.2) is 42.9 Å². The molecule has 9 nitrogen and oxygen atoms in total. The quantitative estimate of drug-likeness (QED) is 0.486. The van der Waals surface area contributed by atoms with Crippen LogP contribution >= 0.6 is 11.6 Å². The molecular weight excluding hydrogens is 411 g/mol. The van der Waals surface area contributed by atoms with Crippen molar-refractivity contribution in [2.45, 2.75) is 37.3 Å². The number of halogens is 2. The third kappa shape index (κ3) is 3.75. The Balaban J connectivity index is 1.44. The second-order valence-corrected chi connectivity index (χ2v) is 8.06. The normalized spacial score (nSPS) is 21.2. The van der Waals surface area contributed by atoms with E-state index in [2.05, 4.69) is 30.5 Å². The van der Waals surface area contributed by atoms with E-state index >= 15 is 0 Å². The summed E-state index contributed by atoms with van der Waals surface area (Å²) in [5, 5.41) is 20.9. The highest BCUT2D eigenvalue weighted by Gasteiger charge is 2.35. The van der Waals surface area contributed by atoms with Gasteiger partial charge in [-0.25, -0.2) is 4.39 Å². The van der Waals surface area contributed by atoms with Crippen LogP contribution in [0.4, 0.5) is 28.1 Å². The van der Waals surface area contributed by atoms with Gasteiger partial charge in [0.25, 0.3) is 0 Å². The first-order chi connectivity index (χ1) is 14.5. The molecule has 1 aromatic carbocycles. The number of nitrogens with one attached hydrogen (secondary N) is 2. The molecular formula is C19H20ClFN8O. The smallest absolute Gasteiger partial charge is 0.235 e. The molecule has 156 valence electrons. The molecule has 30 heavy (non-hydrogen) atoms. The van der Waals surface area contributed by atoms with E-state index < -0.39 is 11.9 Å². The van der Waals surface area contributed by atoms with Gasteiger partial charge in [0.05, 0.1) is 12.1 Å². The standard InChI is InChI=1S/C19H20ClFN8O/c20-13-5-10(21)3-4-12(13)15-6-11(30)8-29(15)19-25-17(22)24-18(26-19)23-16-7-14(27-28-16)9-1-2-9/h3-5,7,9,11,15,30H,1-2,6,8H2,(H4,22,23,24,25,26,27,28). The van der Waals surface area contributed by atoms with Crippen LogP contribution in [0.2, 0.25) is 5.02 Å². The van der Waals surface area contributed by atoms with Crippen LogP contribution in [0.15, 0.2) is 24.3 Å². The highest BCUT2D eigenvalue weighted by molar-refractivity contribution is 6.31. The number of rotatable bonds is 5. The molecule has 0 spiro atoms. The number of hydrogen-bond acceptors (Lipinski definition) is 8. The number of aliphatic hydroxyl groups is 1. The van der Waals surface area contributed by atoms with Gasteiger partial charge in [-0.2, -0.15) is 20.1 Å². The number of benzene rings is 1. The van der Waals surface area contributed by atoms with E-state index in [1.54, 1.807) is 11.0 Å². The van der Waals surface area contributed by atoms with Gasteiger partial charge in [0.2, 0.25) is 17.8 Å². The summed E-state index contributed by atoms with van der Waals surface area (Å²) in [6.45, 7) is 0.287. The van der Waals surface area contributed by atoms with Crippen molar-refractivity contribution in [1.29, 1.82) is 0 Å². The van der Waals surface area contributed by atoms with Crippen molar-refractivity contribution in [3.05, 3.63) is 46.4 Å². The Labute approximate surface area is 176 Å². The van der Waals surface area contributed by atoms with Gasteiger partial charge in [-0.1, -0.05) is 17.7 Å². The number of β-amino-alcohol motifs (C(OH)–C–C–N with tert-alkyl or cyclic N) is 1. The van der Waals surface area contributed by atoms with Crippen molar-refractivity contribution >= 4 is 35.3 Å². The van der Waals surface area contributed by atoms with Gasteiger partial charge in [0, 0.05) is 29.2 Å². The van der Waals surface area contributed by atoms with E-state index in [0.717, 1.165) is 18.5 Å². The number of aliphatic hydroxyl groups excluding tert-OH is 1. The van der Waals surface area contributed by atoms with Crippen molar-refractivity contribution in [2.75, 3.05) is 22.5 Å². The summed E-state index contributed by atoms with van der Waals surface area (Å²) >= 11 is 6.26. The van der Waals surface area contributed by atoms with E-state index in [1.165, 1.54) is 12.1 Å². The van der Waals surface area contributed by atoms with Gasteiger partial charge < -0.3 is 21.1 Å². The van der Waals surface area contributed by atoms with Gasteiger partial charge in [0.1, 0.15) is 5.82 Å². The molecule has 0 bridgehead atoms. The molecule has 0 radical (unpaired) electrons. The van der Waals surface area contributed by atoms with Gasteiger partial charge in [-0.15, -0.1) is 0 Å². The fraction of sp³-hybridized carbons (Fsp3) is 0.368. The lowest BCUT2D eigenvalue weighted by Gasteiger charge is -2.25. The monoisotopic (exact) mass is 430 g/mol. The van der Waals surface area contributed by atoms with Crippen molar-refractivity contribution in [3.8, 4) is 0 Å². The zero-order valence-electron chi connectivity index (χ0n) is 15.9. The average Bonchev–Trinajstić information content (AvgIpc) is 3.32. The molecule has 2 atom stereocenters. The molecule has 1 saturated carbocycles. The van der Waals surface area contributed by atoms with E-state index in [-0.39, 0.29) is 29.5 Å². The summed E-state index contributed by atoms with van der Waals surface area (Å²) in [7, 11) is 0. The molecule has 11 heteroatoms. The van der Waals surface area contributed by atoms with Crippen LogP contribution in [0, 0.1) is 5.82 Å². The summed E-state index contributed by atoms with van der Waals surface area (Å²) in [6, 6.07) is 5.81. The predicted octanol–water partition coefficient (Wildman–Crippen LogP) is 2.90. The zero-order valence-corrected chi connectivity index (χ0v) is 16.6. The molecule has 1 aliphatic carbocycles. The first-order valence-electron chi connectivity index (χ1n) is 9.70. The van der Waals surface area contributed by atoms with E-state index in [4.69, 9.17) is 17.3 Å². The van der Waals surface area contributed by atoms with Crippen LogP contribution < -0.4 is 16.0 Å². The molecule has 3 aromatic rings. The molecule has 2 aliphatic rings. The molecule has 2 fully saturated rings. The first-order valence-corrected chi connectivity index (χ1v) is 10.1. The molecule has 2 unspecified atom stereocenters. The maximum absolute atomic E-state index is 13.5. The summed E-state index contributed by atoms with van der Waals surface area (Å²) in [4.78, 5) is 14.7. The van der Waals surface area contributed by atoms with Crippen molar-refractivity contribution in [3.63, 3.8) is 0 Å². The maximum atomic E-state index is 13.5. The average molecular weight is 431 g/mol. The SMILES string of the molecule is Nc1nc(Nc2cc(C3CC3)[nH]n2)nc(N2CC(O)CC2c2ccc(F)cc2Cl)n1. The fourth-order valence-electron chi connectivity index (χ4n) is 3.79. The summed E-state index contributed by atoms with van der Waals surface area (Å²) in [5.41, 5.74) is 7.68. The van der Waals surface area contributed by atoms with Gasteiger partial charge in [0.15, 0.2) is 5.82 Å². The van der Waals surface area contributed by atoms with Crippen LogP contribution in [0.5, 0.6) is 0 Å². The van der Waals surface area contributed by atoms with Crippen molar-refractivity contribution in [1.82, 2.24) is 25.1 Å². The maximum Gasteiger partial charge on any atom is 0.235 e. The Kier molecular flexibility index (Phi) is 4.67. The van der Waals surface area contributed by atoms with Crippen LogP contribution in [0.1, 0.15) is 42.5 Å².